The number of benzene rings is 1. The predicted molar refractivity (Wildman–Crippen MR) is 107 cm³/mol. The summed E-state index contributed by atoms with van der Waals surface area (Å²) in [6.45, 7) is 0.256. The minimum Gasteiger partial charge on any atom is -0.463 e. The molecule has 1 aliphatic rings. The molecule has 7 nitrogen and oxygen atoms in total. The minimum atomic E-state index is -2.05. The molecule has 0 bridgehead atoms. The van der Waals surface area contributed by atoms with Crippen LogP contribution in [-0.4, -0.2) is 52.7 Å². The first-order valence-corrected chi connectivity index (χ1v) is 9.76. The molecule has 1 aromatic heterocycles. The summed E-state index contributed by atoms with van der Waals surface area (Å²) in [4.78, 5) is 17.8. The van der Waals surface area contributed by atoms with E-state index in [0.29, 0.717) is 17.0 Å². The molecule has 2 aromatic rings. The van der Waals surface area contributed by atoms with Crippen LogP contribution in [0.15, 0.2) is 30.5 Å². The molecule has 1 aromatic carbocycles. The summed E-state index contributed by atoms with van der Waals surface area (Å²) in [5.74, 6) is -0.538. The van der Waals surface area contributed by atoms with Crippen molar-refractivity contribution < 1.29 is 32.9 Å². The summed E-state index contributed by atoms with van der Waals surface area (Å²) in [6.07, 6.45) is -0.445. The van der Waals surface area contributed by atoms with Crippen molar-refractivity contribution in [3.05, 3.63) is 53.1 Å². The zero-order valence-electron chi connectivity index (χ0n) is 16.9. The Morgan fingerprint density at radius 2 is 2.06 bits per heavy atom. The second-order valence-corrected chi connectivity index (χ2v) is 7.41. The van der Waals surface area contributed by atoms with E-state index < -0.39 is 37.1 Å². The van der Waals surface area contributed by atoms with Gasteiger partial charge in [-0.3, -0.25) is 4.98 Å². The third-order valence-corrected chi connectivity index (χ3v) is 5.32. The Hall–Kier alpha value is -2.85. The molecule has 0 spiro atoms. The van der Waals surface area contributed by atoms with Gasteiger partial charge in [0.1, 0.15) is 23.4 Å². The number of alkyl halides is 2. The first kappa shape index (κ1) is 22.8. The SMILES string of the molecule is Cc1cc(NC(=O)N2CCC(F)(c3ncc([C@H](O)CO)cc3F)CC2)ccc1OCF. The number of carbonyl (C=O) groups is 1. The van der Waals surface area contributed by atoms with E-state index in [0.717, 1.165) is 12.3 Å². The normalized spacial score (nSPS) is 16.6. The molecule has 168 valence electrons. The Morgan fingerprint density at radius 1 is 1.35 bits per heavy atom. The Labute approximate surface area is 177 Å². The lowest BCUT2D eigenvalue weighted by Gasteiger charge is -2.36. The number of urea groups is 1. The van der Waals surface area contributed by atoms with Crippen molar-refractivity contribution in [3.8, 4) is 5.75 Å². The molecule has 2 amide bonds. The largest absolute Gasteiger partial charge is 0.463 e. The molecule has 3 rings (SSSR count). The highest BCUT2D eigenvalue weighted by Crippen LogP contribution is 2.37. The Balaban J connectivity index is 1.63. The number of amides is 2. The standard InChI is InChI=1S/C21H24F3N3O4/c1-13-8-15(2-3-18(13)31-12-22)26-20(30)27-6-4-21(24,5-7-27)19-16(23)9-14(10-25-19)17(29)11-28/h2-3,8-10,17,28-29H,4-7,11-12H2,1H3,(H,26,30)/t17-/m1/s1. The number of carbonyl (C=O) groups excluding carboxylic acids is 1. The summed E-state index contributed by atoms with van der Waals surface area (Å²) >= 11 is 0. The summed E-state index contributed by atoms with van der Waals surface area (Å²) in [5.41, 5.74) is -1.24. The molecular weight excluding hydrogens is 415 g/mol. The molecule has 1 atom stereocenters. The fourth-order valence-electron chi connectivity index (χ4n) is 3.52. The van der Waals surface area contributed by atoms with Crippen LogP contribution in [0.4, 0.5) is 23.7 Å². The number of piperidine rings is 1. The van der Waals surface area contributed by atoms with Crippen LogP contribution < -0.4 is 10.1 Å². The average molecular weight is 439 g/mol. The van der Waals surface area contributed by atoms with Gasteiger partial charge in [0.2, 0.25) is 6.86 Å². The number of pyridine rings is 1. The highest BCUT2D eigenvalue weighted by atomic mass is 19.2. The van der Waals surface area contributed by atoms with Gasteiger partial charge in [0.15, 0.2) is 5.67 Å². The highest BCUT2D eigenvalue weighted by molar-refractivity contribution is 5.89. The maximum atomic E-state index is 15.4. The molecule has 1 fully saturated rings. The van der Waals surface area contributed by atoms with Gasteiger partial charge in [-0.25, -0.2) is 18.0 Å². The number of halogens is 3. The lowest BCUT2D eigenvalue weighted by Crippen LogP contribution is -2.45. The van der Waals surface area contributed by atoms with Gasteiger partial charge in [-0.1, -0.05) is 0 Å². The molecule has 1 aliphatic heterocycles. The second kappa shape index (κ2) is 9.52. The van der Waals surface area contributed by atoms with Crippen molar-refractivity contribution in [1.82, 2.24) is 9.88 Å². The molecule has 1 saturated heterocycles. The van der Waals surface area contributed by atoms with Gasteiger partial charge in [0.25, 0.3) is 0 Å². The quantitative estimate of drug-likeness (QED) is 0.642. The summed E-state index contributed by atoms with van der Waals surface area (Å²) < 4.78 is 47.0. The van der Waals surface area contributed by atoms with Crippen molar-refractivity contribution in [2.24, 2.45) is 0 Å². The number of likely N-dealkylation sites (tertiary alicyclic amines) is 1. The molecule has 2 heterocycles. The first-order valence-electron chi connectivity index (χ1n) is 9.76. The number of ether oxygens (including phenoxy) is 1. The lowest BCUT2D eigenvalue weighted by atomic mass is 9.89. The van der Waals surface area contributed by atoms with Gasteiger partial charge in [-0.15, -0.1) is 0 Å². The first-order chi connectivity index (χ1) is 14.8. The Bertz CT molecular complexity index is 936. The molecule has 10 heteroatoms. The number of anilines is 1. The van der Waals surface area contributed by atoms with Gasteiger partial charge >= 0.3 is 6.03 Å². The van der Waals surface area contributed by atoms with Gasteiger partial charge in [0.05, 0.1) is 6.61 Å². The van der Waals surface area contributed by atoms with E-state index in [1.807, 2.05) is 0 Å². The van der Waals surface area contributed by atoms with Crippen LogP contribution in [0, 0.1) is 12.7 Å². The van der Waals surface area contributed by atoms with Crippen LogP contribution in [0.3, 0.4) is 0 Å². The number of nitrogens with zero attached hydrogens (tertiary/aromatic N) is 2. The monoisotopic (exact) mass is 439 g/mol. The predicted octanol–water partition coefficient (Wildman–Crippen LogP) is 3.35. The van der Waals surface area contributed by atoms with Gasteiger partial charge < -0.3 is 25.2 Å². The third-order valence-electron chi connectivity index (χ3n) is 5.32. The van der Waals surface area contributed by atoms with E-state index in [1.165, 1.54) is 4.90 Å². The fourth-order valence-corrected chi connectivity index (χ4v) is 3.52. The van der Waals surface area contributed by atoms with Crippen molar-refractivity contribution in [2.45, 2.75) is 31.5 Å². The van der Waals surface area contributed by atoms with Crippen LogP contribution in [0.2, 0.25) is 0 Å². The Kier molecular flexibility index (Phi) is 7.01. The van der Waals surface area contributed by atoms with E-state index in [1.54, 1.807) is 25.1 Å². The lowest BCUT2D eigenvalue weighted by molar-refractivity contribution is 0.0639. The third kappa shape index (κ3) is 5.08. The van der Waals surface area contributed by atoms with Crippen LogP contribution >= 0.6 is 0 Å². The van der Waals surface area contributed by atoms with E-state index >= 15 is 4.39 Å². The summed E-state index contributed by atoms with van der Waals surface area (Å²) in [7, 11) is 0. The van der Waals surface area contributed by atoms with Gasteiger partial charge in [-0.2, -0.15) is 0 Å². The van der Waals surface area contributed by atoms with Crippen LogP contribution in [0.25, 0.3) is 0 Å². The zero-order valence-corrected chi connectivity index (χ0v) is 16.9. The second-order valence-electron chi connectivity index (χ2n) is 7.41. The number of aliphatic hydroxyl groups excluding tert-OH is 2. The fraction of sp³-hybridized carbons (Fsp3) is 0.429. The highest BCUT2D eigenvalue weighted by Gasteiger charge is 2.41. The molecule has 3 N–H and O–H groups in total. The maximum Gasteiger partial charge on any atom is 0.321 e. The Morgan fingerprint density at radius 3 is 2.65 bits per heavy atom. The van der Waals surface area contributed by atoms with Crippen LogP contribution in [-0.2, 0) is 5.67 Å². The van der Waals surface area contributed by atoms with Gasteiger partial charge in [0, 0.05) is 43.4 Å². The van der Waals surface area contributed by atoms with E-state index in [-0.39, 0.29) is 37.2 Å². The molecule has 0 aliphatic carbocycles. The topological polar surface area (TPSA) is 94.9 Å². The van der Waals surface area contributed by atoms with Crippen LogP contribution in [0.1, 0.15) is 35.8 Å². The summed E-state index contributed by atoms with van der Waals surface area (Å²) in [5, 5.41) is 21.2. The van der Waals surface area contributed by atoms with Crippen molar-refractivity contribution in [1.29, 1.82) is 0 Å². The van der Waals surface area contributed by atoms with Crippen molar-refractivity contribution >= 4 is 11.7 Å². The van der Waals surface area contributed by atoms with E-state index in [9.17, 15) is 18.7 Å². The minimum absolute atomic E-state index is 0.0481. The number of rotatable bonds is 6. The molecule has 31 heavy (non-hydrogen) atoms. The number of hydrogen-bond donors (Lipinski definition) is 3. The zero-order chi connectivity index (χ0) is 22.6. The van der Waals surface area contributed by atoms with E-state index in [4.69, 9.17) is 9.84 Å². The molecule has 0 saturated carbocycles. The maximum absolute atomic E-state index is 15.4. The van der Waals surface area contributed by atoms with Gasteiger partial charge in [-0.05, 0) is 36.8 Å². The van der Waals surface area contributed by atoms with Crippen molar-refractivity contribution in [2.75, 3.05) is 31.9 Å². The molecule has 0 unspecified atom stereocenters. The van der Waals surface area contributed by atoms with Crippen LogP contribution in [0.5, 0.6) is 5.75 Å². The number of aliphatic hydroxyl groups is 2. The average Bonchev–Trinajstić information content (AvgIpc) is 2.75. The smallest absolute Gasteiger partial charge is 0.321 e. The molecular formula is C21H24F3N3O4. The number of nitrogens with one attached hydrogen (secondary N) is 1. The van der Waals surface area contributed by atoms with Crippen molar-refractivity contribution in [3.63, 3.8) is 0 Å². The van der Waals surface area contributed by atoms with E-state index in [2.05, 4.69) is 10.3 Å². The molecule has 0 radical (unpaired) electrons. The number of hydrogen-bond acceptors (Lipinski definition) is 5. The number of aryl methyl sites for hydroxylation is 1. The number of aromatic nitrogens is 1. The summed E-state index contributed by atoms with van der Waals surface area (Å²) in [6, 6.07) is 5.27.